The van der Waals surface area contributed by atoms with Crippen molar-refractivity contribution in [3.63, 3.8) is 0 Å². The fourth-order valence-electron chi connectivity index (χ4n) is 3.13. The molecule has 1 fully saturated rings. The molecule has 3 nitrogen and oxygen atoms in total. The van der Waals surface area contributed by atoms with Crippen molar-refractivity contribution in [2.45, 2.75) is 18.9 Å². The summed E-state index contributed by atoms with van der Waals surface area (Å²) in [5, 5.41) is 8.82. The lowest BCUT2D eigenvalue weighted by Crippen LogP contribution is -2.25. The molecular weight excluding hydrogens is 298 g/mol. The first kappa shape index (κ1) is 15.3. The van der Waals surface area contributed by atoms with Crippen LogP contribution in [-0.2, 0) is 0 Å². The standard InChI is InChI=1S/C18H16F2N2O/c1-23-14-5-2-4-13(10-14)17-6-3-7-22(17)18-15(19)8-12(11-21)9-16(18)20/h2,4-5,8-10,17H,3,6-7H2,1H3. The van der Waals surface area contributed by atoms with Crippen LogP contribution in [0.15, 0.2) is 36.4 Å². The second kappa shape index (κ2) is 6.25. The van der Waals surface area contributed by atoms with Crippen molar-refractivity contribution in [2.24, 2.45) is 0 Å². The molecule has 3 rings (SSSR count). The number of methoxy groups -OCH3 is 1. The van der Waals surface area contributed by atoms with Gasteiger partial charge < -0.3 is 9.64 Å². The number of halogens is 2. The molecule has 0 spiro atoms. The highest BCUT2D eigenvalue weighted by molar-refractivity contribution is 5.55. The predicted octanol–water partition coefficient (Wildman–Crippen LogP) is 4.19. The summed E-state index contributed by atoms with van der Waals surface area (Å²) in [5.74, 6) is -0.678. The van der Waals surface area contributed by atoms with Crippen molar-refractivity contribution < 1.29 is 13.5 Å². The van der Waals surface area contributed by atoms with E-state index in [0.717, 1.165) is 36.3 Å². The van der Waals surface area contributed by atoms with E-state index in [9.17, 15) is 8.78 Å². The summed E-state index contributed by atoms with van der Waals surface area (Å²) in [6, 6.07) is 11.4. The van der Waals surface area contributed by atoms with E-state index in [1.807, 2.05) is 24.3 Å². The molecular formula is C18H16F2N2O. The van der Waals surface area contributed by atoms with Crippen molar-refractivity contribution in [1.82, 2.24) is 0 Å². The predicted molar refractivity (Wildman–Crippen MR) is 83.4 cm³/mol. The van der Waals surface area contributed by atoms with Gasteiger partial charge in [0.2, 0.25) is 0 Å². The van der Waals surface area contributed by atoms with Crippen LogP contribution in [0.4, 0.5) is 14.5 Å². The Morgan fingerprint density at radius 2 is 1.96 bits per heavy atom. The molecule has 2 aromatic carbocycles. The first-order valence-electron chi connectivity index (χ1n) is 7.43. The average molecular weight is 314 g/mol. The molecule has 1 unspecified atom stereocenters. The van der Waals surface area contributed by atoms with E-state index in [1.165, 1.54) is 0 Å². The van der Waals surface area contributed by atoms with E-state index in [0.29, 0.717) is 6.54 Å². The van der Waals surface area contributed by atoms with Gasteiger partial charge >= 0.3 is 0 Å². The van der Waals surface area contributed by atoms with Gasteiger partial charge in [-0.15, -0.1) is 0 Å². The molecule has 0 N–H and O–H groups in total. The molecule has 5 heteroatoms. The van der Waals surface area contributed by atoms with Crippen molar-refractivity contribution in [3.05, 3.63) is 59.2 Å². The van der Waals surface area contributed by atoms with Gasteiger partial charge in [0.05, 0.1) is 24.8 Å². The molecule has 1 aliphatic rings. The zero-order valence-electron chi connectivity index (χ0n) is 12.7. The minimum absolute atomic E-state index is 0.0131. The van der Waals surface area contributed by atoms with E-state index < -0.39 is 11.6 Å². The zero-order valence-corrected chi connectivity index (χ0v) is 12.7. The smallest absolute Gasteiger partial charge is 0.150 e. The fraction of sp³-hybridized carbons (Fsp3) is 0.278. The summed E-state index contributed by atoms with van der Waals surface area (Å²) >= 11 is 0. The Kier molecular flexibility index (Phi) is 4.16. The highest BCUT2D eigenvalue weighted by Gasteiger charge is 2.30. The van der Waals surface area contributed by atoms with Gasteiger partial charge in [0.1, 0.15) is 11.4 Å². The normalized spacial score (nSPS) is 17.1. The van der Waals surface area contributed by atoms with E-state index >= 15 is 0 Å². The molecule has 1 saturated heterocycles. The Morgan fingerprint density at radius 3 is 2.61 bits per heavy atom. The van der Waals surface area contributed by atoms with Crippen molar-refractivity contribution in [2.75, 3.05) is 18.6 Å². The van der Waals surface area contributed by atoms with Crippen molar-refractivity contribution in [1.29, 1.82) is 5.26 Å². The summed E-state index contributed by atoms with van der Waals surface area (Å²) < 4.78 is 33.9. The minimum atomic E-state index is -0.698. The number of hydrogen-bond donors (Lipinski definition) is 0. The van der Waals surface area contributed by atoms with E-state index in [1.54, 1.807) is 18.1 Å². The maximum Gasteiger partial charge on any atom is 0.150 e. The second-order valence-corrected chi connectivity index (χ2v) is 5.53. The molecule has 0 saturated carbocycles. The monoisotopic (exact) mass is 314 g/mol. The van der Waals surface area contributed by atoms with Crippen LogP contribution in [0.25, 0.3) is 0 Å². The van der Waals surface area contributed by atoms with Gasteiger partial charge in [0, 0.05) is 6.54 Å². The molecule has 2 aromatic rings. The van der Waals surface area contributed by atoms with Crippen LogP contribution in [0.2, 0.25) is 0 Å². The Bertz CT molecular complexity index is 747. The molecule has 0 bridgehead atoms. The van der Waals surface area contributed by atoms with Gasteiger partial charge in [-0.2, -0.15) is 5.26 Å². The molecule has 0 amide bonds. The fourth-order valence-corrected chi connectivity index (χ4v) is 3.13. The lowest BCUT2D eigenvalue weighted by Gasteiger charge is -2.28. The Balaban J connectivity index is 2.01. The second-order valence-electron chi connectivity index (χ2n) is 5.53. The molecule has 1 atom stereocenters. The van der Waals surface area contributed by atoms with Gasteiger partial charge in [0.15, 0.2) is 11.6 Å². The number of ether oxygens (including phenoxy) is 1. The maximum absolute atomic E-state index is 14.3. The summed E-state index contributed by atoms with van der Waals surface area (Å²) in [7, 11) is 1.59. The third-order valence-corrected chi connectivity index (χ3v) is 4.16. The zero-order chi connectivity index (χ0) is 16.4. The quantitative estimate of drug-likeness (QED) is 0.852. The molecule has 1 aliphatic heterocycles. The number of anilines is 1. The summed E-state index contributed by atoms with van der Waals surface area (Å²) in [4.78, 5) is 1.74. The molecule has 0 aromatic heterocycles. The molecule has 1 heterocycles. The Labute approximate surface area is 133 Å². The summed E-state index contributed by atoms with van der Waals surface area (Å²) in [6.07, 6.45) is 1.66. The third-order valence-electron chi connectivity index (χ3n) is 4.16. The molecule has 118 valence electrons. The summed E-state index contributed by atoms with van der Waals surface area (Å²) in [5.41, 5.74) is 0.889. The first-order chi connectivity index (χ1) is 11.1. The number of benzene rings is 2. The van der Waals surface area contributed by atoms with Crippen LogP contribution in [0, 0.1) is 23.0 Å². The van der Waals surface area contributed by atoms with Crippen LogP contribution in [0.3, 0.4) is 0 Å². The maximum atomic E-state index is 14.3. The van der Waals surface area contributed by atoms with E-state index in [2.05, 4.69) is 0 Å². The van der Waals surface area contributed by atoms with Crippen LogP contribution in [0.1, 0.15) is 30.0 Å². The lowest BCUT2D eigenvalue weighted by atomic mass is 10.0. The first-order valence-corrected chi connectivity index (χ1v) is 7.43. The third kappa shape index (κ3) is 2.85. The molecule has 23 heavy (non-hydrogen) atoms. The minimum Gasteiger partial charge on any atom is -0.497 e. The largest absolute Gasteiger partial charge is 0.497 e. The number of hydrogen-bond acceptors (Lipinski definition) is 3. The van der Waals surface area contributed by atoms with E-state index in [4.69, 9.17) is 10.00 Å². The van der Waals surface area contributed by atoms with Gasteiger partial charge in [-0.05, 0) is 42.7 Å². The summed E-state index contributed by atoms with van der Waals surface area (Å²) in [6.45, 7) is 0.571. The Morgan fingerprint density at radius 1 is 1.22 bits per heavy atom. The number of nitrogens with zero attached hydrogens (tertiary/aromatic N) is 2. The highest BCUT2D eigenvalue weighted by Crippen LogP contribution is 2.39. The van der Waals surface area contributed by atoms with Crippen LogP contribution >= 0.6 is 0 Å². The van der Waals surface area contributed by atoms with Gasteiger partial charge in [-0.25, -0.2) is 8.78 Å². The van der Waals surface area contributed by atoms with Crippen LogP contribution < -0.4 is 9.64 Å². The number of nitriles is 1. The van der Waals surface area contributed by atoms with Crippen molar-refractivity contribution >= 4 is 5.69 Å². The van der Waals surface area contributed by atoms with Gasteiger partial charge in [-0.1, -0.05) is 12.1 Å². The van der Waals surface area contributed by atoms with Gasteiger partial charge in [-0.3, -0.25) is 0 Å². The lowest BCUT2D eigenvalue weighted by molar-refractivity contribution is 0.413. The average Bonchev–Trinajstić information content (AvgIpc) is 3.03. The van der Waals surface area contributed by atoms with Crippen LogP contribution in [0.5, 0.6) is 5.75 Å². The number of rotatable bonds is 3. The highest BCUT2D eigenvalue weighted by atomic mass is 19.1. The van der Waals surface area contributed by atoms with E-state index in [-0.39, 0.29) is 17.3 Å². The topological polar surface area (TPSA) is 36.3 Å². The molecule has 0 aliphatic carbocycles. The Hall–Kier alpha value is -2.61. The SMILES string of the molecule is COc1cccc(C2CCCN2c2c(F)cc(C#N)cc2F)c1. The van der Waals surface area contributed by atoms with Gasteiger partial charge in [0.25, 0.3) is 0 Å². The van der Waals surface area contributed by atoms with Crippen LogP contribution in [-0.4, -0.2) is 13.7 Å². The molecule has 0 radical (unpaired) electrons. The van der Waals surface area contributed by atoms with Crippen molar-refractivity contribution in [3.8, 4) is 11.8 Å².